The van der Waals surface area contributed by atoms with Crippen LogP contribution in [0.25, 0.3) is 10.6 Å². The summed E-state index contributed by atoms with van der Waals surface area (Å²) in [5.74, 6) is -0.388. The minimum atomic E-state index is -0.470. The molecule has 0 fully saturated rings. The first kappa shape index (κ1) is 15.3. The summed E-state index contributed by atoms with van der Waals surface area (Å²) in [5.41, 5.74) is 2.16. The molecule has 1 N–H and O–H groups in total. The average molecular weight is 345 g/mol. The number of benzene rings is 1. The molecule has 0 aliphatic rings. The van der Waals surface area contributed by atoms with Gasteiger partial charge in [-0.15, -0.1) is 11.3 Å². The lowest BCUT2D eigenvalue weighted by Crippen LogP contribution is -2.12. The zero-order valence-corrected chi connectivity index (χ0v) is 13.6. The van der Waals surface area contributed by atoms with Crippen molar-refractivity contribution in [3.63, 3.8) is 0 Å². The molecular formula is C15H11N3O3S2. The zero-order chi connectivity index (χ0) is 16.4. The van der Waals surface area contributed by atoms with Crippen molar-refractivity contribution < 1.29 is 9.72 Å². The van der Waals surface area contributed by atoms with Crippen molar-refractivity contribution in [3.8, 4) is 10.6 Å². The van der Waals surface area contributed by atoms with Gasteiger partial charge in [-0.05, 0) is 24.4 Å². The number of amides is 1. The Balaban J connectivity index is 1.80. The lowest BCUT2D eigenvalue weighted by atomic mass is 10.2. The summed E-state index contributed by atoms with van der Waals surface area (Å²) in [6, 6.07) is 6.52. The largest absolute Gasteiger partial charge is 0.320 e. The predicted molar refractivity (Wildman–Crippen MR) is 91.2 cm³/mol. The molecule has 0 bridgehead atoms. The van der Waals surface area contributed by atoms with E-state index in [1.54, 1.807) is 35.8 Å². The highest BCUT2D eigenvalue weighted by molar-refractivity contribution is 7.14. The van der Waals surface area contributed by atoms with Crippen molar-refractivity contribution in [2.24, 2.45) is 0 Å². The van der Waals surface area contributed by atoms with Gasteiger partial charge in [0, 0.05) is 33.6 Å². The molecule has 2 heterocycles. The topological polar surface area (TPSA) is 85.1 Å². The Hall–Kier alpha value is -2.58. The van der Waals surface area contributed by atoms with E-state index in [2.05, 4.69) is 10.3 Å². The van der Waals surface area contributed by atoms with E-state index in [0.717, 1.165) is 10.6 Å². The van der Waals surface area contributed by atoms with E-state index < -0.39 is 4.92 Å². The van der Waals surface area contributed by atoms with Crippen molar-refractivity contribution in [2.45, 2.75) is 6.92 Å². The molecule has 1 amide bonds. The van der Waals surface area contributed by atoms with E-state index in [4.69, 9.17) is 0 Å². The standard InChI is InChI=1S/C15H11N3O3S2/c1-9-2-3-11(6-13(9)18(20)21)16-14(19)12-8-23-15(17-12)10-4-5-22-7-10/h2-8H,1H3,(H,16,19). The third-order valence-electron chi connectivity index (χ3n) is 3.17. The number of nitrogens with zero attached hydrogens (tertiary/aromatic N) is 2. The second kappa shape index (κ2) is 6.27. The summed E-state index contributed by atoms with van der Waals surface area (Å²) in [6.45, 7) is 1.65. The summed E-state index contributed by atoms with van der Waals surface area (Å²) in [4.78, 5) is 27.0. The fourth-order valence-corrected chi connectivity index (χ4v) is 3.49. The van der Waals surface area contributed by atoms with Crippen LogP contribution in [-0.2, 0) is 0 Å². The van der Waals surface area contributed by atoms with Crippen LogP contribution in [0, 0.1) is 17.0 Å². The van der Waals surface area contributed by atoms with Gasteiger partial charge in [0.15, 0.2) is 0 Å². The third-order valence-corrected chi connectivity index (χ3v) is 4.74. The number of hydrogen-bond donors (Lipinski definition) is 1. The maximum Gasteiger partial charge on any atom is 0.275 e. The molecule has 0 radical (unpaired) electrons. The summed E-state index contributed by atoms with van der Waals surface area (Å²) < 4.78 is 0. The molecule has 0 aliphatic carbocycles. The minimum absolute atomic E-state index is 0.0277. The zero-order valence-electron chi connectivity index (χ0n) is 12.0. The number of aromatic nitrogens is 1. The monoisotopic (exact) mass is 345 g/mol. The van der Waals surface area contributed by atoms with Crippen LogP contribution in [0.2, 0.25) is 0 Å². The van der Waals surface area contributed by atoms with Crippen LogP contribution in [0.5, 0.6) is 0 Å². The van der Waals surface area contributed by atoms with Crippen LogP contribution in [0.3, 0.4) is 0 Å². The first-order valence-electron chi connectivity index (χ1n) is 6.59. The van der Waals surface area contributed by atoms with Gasteiger partial charge in [0.25, 0.3) is 11.6 Å². The van der Waals surface area contributed by atoms with Gasteiger partial charge in [-0.25, -0.2) is 4.98 Å². The smallest absolute Gasteiger partial charge is 0.275 e. The summed E-state index contributed by atoms with van der Waals surface area (Å²) in [5, 5.41) is 19.9. The molecule has 0 saturated carbocycles. The third kappa shape index (κ3) is 3.27. The molecule has 23 heavy (non-hydrogen) atoms. The van der Waals surface area contributed by atoms with Crippen LogP contribution in [-0.4, -0.2) is 15.8 Å². The van der Waals surface area contributed by atoms with Gasteiger partial charge in [-0.1, -0.05) is 6.07 Å². The Kier molecular flexibility index (Phi) is 4.18. The molecule has 2 aromatic heterocycles. The highest BCUT2D eigenvalue weighted by Gasteiger charge is 2.15. The van der Waals surface area contributed by atoms with Crippen molar-refractivity contribution in [3.05, 3.63) is 61.8 Å². The number of carbonyl (C=O) groups is 1. The first-order valence-corrected chi connectivity index (χ1v) is 8.41. The number of aryl methyl sites for hydroxylation is 1. The van der Waals surface area contributed by atoms with Crippen LogP contribution in [0.1, 0.15) is 16.1 Å². The van der Waals surface area contributed by atoms with Crippen molar-refractivity contribution in [1.29, 1.82) is 0 Å². The quantitative estimate of drug-likeness (QED) is 0.563. The Labute approximate surface area is 139 Å². The second-order valence-electron chi connectivity index (χ2n) is 4.76. The first-order chi connectivity index (χ1) is 11.0. The molecule has 6 nitrogen and oxygen atoms in total. The predicted octanol–water partition coefficient (Wildman–Crippen LogP) is 4.34. The molecule has 0 unspecified atom stereocenters. The fourth-order valence-electron chi connectivity index (χ4n) is 1.98. The Morgan fingerprint density at radius 3 is 2.83 bits per heavy atom. The van der Waals surface area contributed by atoms with Crippen LogP contribution in [0.4, 0.5) is 11.4 Å². The van der Waals surface area contributed by atoms with E-state index in [0.29, 0.717) is 16.9 Å². The number of hydrogen-bond acceptors (Lipinski definition) is 6. The van der Waals surface area contributed by atoms with Gasteiger partial charge in [0.1, 0.15) is 10.7 Å². The Morgan fingerprint density at radius 1 is 1.30 bits per heavy atom. The Morgan fingerprint density at radius 2 is 2.13 bits per heavy atom. The summed E-state index contributed by atoms with van der Waals surface area (Å²) in [7, 11) is 0. The van der Waals surface area contributed by atoms with E-state index in [1.807, 2.05) is 16.8 Å². The van der Waals surface area contributed by atoms with E-state index in [9.17, 15) is 14.9 Å². The van der Waals surface area contributed by atoms with Gasteiger partial charge in [-0.3, -0.25) is 14.9 Å². The molecule has 3 aromatic rings. The number of thiophene rings is 1. The number of nitro benzene ring substituents is 1. The minimum Gasteiger partial charge on any atom is -0.320 e. The van der Waals surface area contributed by atoms with E-state index in [-0.39, 0.29) is 11.6 Å². The normalized spacial score (nSPS) is 10.5. The molecule has 1 aromatic carbocycles. The maximum atomic E-state index is 12.2. The van der Waals surface area contributed by atoms with Gasteiger partial charge in [0.05, 0.1) is 4.92 Å². The lowest BCUT2D eigenvalue weighted by molar-refractivity contribution is -0.385. The molecule has 8 heteroatoms. The molecule has 0 aliphatic heterocycles. The summed E-state index contributed by atoms with van der Waals surface area (Å²) >= 11 is 2.95. The lowest BCUT2D eigenvalue weighted by Gasteiger charge is -2.04. The van der Waals surface area contributed by atoms with Gasteiger partial charge in [0.2, 0.25) is 0 Å². The van der Waals surface area contributed by atoms with Crippen LogP contribution in [0.15, 0.2) is 40.4 Å². The average Bonchev–Trinajstić information content (AvgIpc) is 3.19. The number of thiazole rings is 1. The van der Waals surface area contributed by atoms with Crippen molar-refractivity contribution >= 4 is 40.0 Å². The van der Waals surface area contributed by atoms with Gasteiger partial charge >= 0.3 is 0 Å². The molecule has 0 spiro atoms. The number of anilines is 1. The molecule has 116 valence electrons. The highest BCUT2D eigenvalue weighted by Crippen LogP contribution is 2.27. The van der Waals surface area contributed by atoms with Crippen LogP contribution < -0.4 is 5.32 Å². The second-order valence-corrected chi connectivity index (χ2v) is 6.40. The van der Waals surface area contributed by atoms with E-state index in [1.165, 1.54) is 17.4 Å². The number of nitrogens with one attached hydrogen (secondary N) is 1. The number of nitro groups is 1. The maximum absolute atomic E-state index is 12.2. The van der Waals surface area contributed by atoms with E-state index >= 15 is 0 Å². The van der Waals surface area contributed by atoms with Crippen molar-refractivity contribution in [1.82, 2.24) is 4.98 Å². The Bertz CT molecular complexity index is 872. The fraction of sp³-hybridized carbons (Fsp3) is 0.0667. The van der Waals surface area contributed by atoms with Gasteiger partial charge < -0.3 is 5.32 Å². The van der Waals surface area contributed by atoms with Crippen LogP contribution >= 0.6 is 22.7 Å². The molecular weight excluding hydrogens is 334 g/mol. The summed E-state index contributed by atoms with van der Waals surface area (Å²) in [6.07, 6.45) is 0. The highest BCUT2D eigenvalue weighted by atomic mass is 32.1. The van der Waals surface area contributed by atoms with Gasteiger partial charge in [-0.2, -0.15) is 11.3 Å². The molecule has 0 atom stereocenters. The SMILES string of the molecule is Cc1ccc(NC(=O)c2csc(-c3ccsc3)n2)cc1[N+](=O)[O-]. The number of carbonyl (C=O) groups excluding carboxylic acids is 1. The molecule has 0 saturated heterocycles. The number of rotatable bonds is 4. The van der Waals surface area contributed by atoms with Crippen molar-refractivity contribution in [2.75, 3.05) is 5.32 Å². The molecule has 3 rings (SSSR count).